The van der Waals surface area contributed by atoms with E-state index in [1.54, 1.807) is 6.92 Å². The number of fused-ring (bicyclic) bond motifs is 2. The highest BCUT2D eigenvalue weighted by Crippen LogP contribution is 2.37. The number of Topliss-reactive ketones (excluding diaryl/α,β-unsaturated/α-hetero) is 1. The summed E-state index contributed by atoms with van der Waals surface area (Å²) in [6.07, 6.45) is 0.883. The monoisotopic (exact) mass is 259 g/mol. The van der Waals surface area contributed by atoms with E-state index in [0.717, 1.165) is 5.56 Å². The summed E-state index contributed by atoms with van der Waals surface area (Å²) < 4.78 is 5.17. The number of esters is 1. The molecule has 1 fully saturated rings. The van der Waals surface area contributed by atoms with E-state index in [-0.39, 0.29) is 11.8 Å². The molecule has 1 aromatic carbocycles. The molecule has 2 heterocycles. The average Bonchev–Trinajstić information content (AvgIpc) is 2.75. The second kappa shape index (κ2) is 4.46. The molecular formula is C15H17NO3. The topological polar surface area (TPSA) is 46.6 Å². The molecule has 0 N–H and O–H groups in total. The minimum Gasteiger partial charge on any atom is -0.464 e. The van der Waals surface area contributed by atoms with Crippen LogP contribution in [0.4, 0.5) is 0 Å². The van der Waals surface area contributed by atoms with Crippen LogP contribution in [0.15, 0.2) is 24.3 Å². The number of ether oxygens (including phenoxy) is 1. The number of carbonyl (C=O) groups is 2. The Morgan fingerprint density at radius 2 is 2.11 bits per heavy atom. The lowest BCUT2D eigenvalue weighted by Crippen LogP contribution is -2.59. The smallest absolute Gasteiger partial charge is 0.334 e. The summed E-state index contributed by atoms with van der Waals surface area (Å²) in [5.74, 6) is -0.382. The van der Waals surface area contributed by atoms with Crippen molar-refractivity contribution in [3.05, 3.63) is 35.4 Å². The molecule has 2 aliphatic rings. The van der Waals surface area contributed by atoms with Gasteiger partial charge in [0.1, 0.15) is 0 Å². The lowest BCUT2D eigenvalue weighted by atomic mass is 9.82. The molecule has 0 aromatic heterocycles. The molecule has 4 nitrogen and oxygen atoms in total. The predicted molar refractivity (Wildman–Crippen MR) is 69.5 cm³/mol. The predicted octanol–water partition coefficient (Wildman–Crippen LogP) is 1.32. The number of carbonyl (C=O) groups excluding carboxylic acids is 2. The number of hydrogen-bond acceptors (Lipinski definition) is 4. The fourth-order valence-corrected chi connectivity index (χ4v) is 3.17. The zero-order valence-electron chi connectivity index (χ0n) is 11.0. The Bertz CT molecular complexity index is 540. The van der Waals surface area contributed by atoms with Crippen LogP contribution in [0.2, 0.25) is 0 Å². The Morgan fingerprint density at radius 3 is 2.84 bits per heavy atom. The van der Waals surface area contributed by atoms with Crippen molar-refractivity contribution in [2.75, 3.05) is 13.2 Å². The van der Waals surface area contributed by atoms with Gasteiger partial charge in [-0.3, -0.25) is 9.69 Å². The maximum atomic E-state index is 12.3. The first kappa shape index (κ1) is 12.4. The van der Waals surface area contributed by atoms with Crippen molar-refractivity contribution in [2.24, 2.45) is 0 Å². The maximum Gasteiger partial charge on any atom is 0.334 e. The largest absolute Gasteiger partial charge is 0.464 e. The van der Waals surface area contributed by atoms with Gasteiger partial charge in [-0.05, 0) is 18.1 Å². The van der Waals surface area contributed by atoms with Crippen molar-refractivity contribution in [3.8, 4) is 0 Å². The van der Waals surface area contributed by atoms with Gasteiger partial charge in [-0.1, -0.05) is 24.3 Å². The molecule has 0 spiro atoms. The molecule has 1 aromatic rings. The molecule has 0 bridgehead atoms. The molecule has 1 saturated heterocycles. The Hall–Kier alpha value is -1.68. The molecule has 1 unspecified atom stereocenters. The van der Waals surface area contributed by atoms with Crippen molar-refractivity contribution in [1.29, 1.82) is 0 Å². The van der Waals surface area contributed by atoms with Gasteiger partial charge in [0.05, 0.1) is 6.61 Å². The minimum atomic E-state index is -1.07. The summed E-state index contributed by atoms with van der Waals surface area (Å²) in [5, 5.41) is 0. The summed E-state index contributed by atoms with van der Waals surface area (Å²) in [6, 6.07) is 8.01. The first-order valence-corrected chi connectivity index (χ1v) is 6.71. The van der Waals surface area contributed by atoms with Crippen LogP contribution in [0.1, 0.15) is 24.5 Å². The molecule has 0 aliphatic carbocycles. The molecule has 19 heavy (non-hydrogen) atoms. The van der Waals surface area contributed by atoms with Gasteiger partial charge in [0.25, 0.3) is 0 Å². The van der Waals surface area contributed by atoms with Crippen molar-refractivity contribution in [2.45, 2.75) is 31.8 Å². The van der Waals surface area contributed by atoms with Gasteiger partial charge in [0, 0.05) is 25.9 Å². The Balaban J connectivity index is 2.04. The highest BCUT2D eigenvalue weighted by atomic mass is 16.5. The van der Waals surface area contributed by atoms with Crippen molar-refractivity contribution in [3.63, 3.8) is 0 Å². The third kappa shape index (κ3) is 1.70. The number of benzene rings is 1. The summed E-state index contributed by atoms with van der Waals surface area (Å²) in [6.45, 7) is 3.38. The van der Waals surface area contributed by atoms with Crippen LogP contribution in [0, 0.1) is 0 Å². The summed E-state index contributed by atoms with van der Waals surface area (Å²) >= 11 is 0. The third-order valence-corrected chi connectivity index (χ3v) is 4.15. The Morgan fingerprint density at radius 1 is 1.37 bits per heavy atom. The molecule has 0 amide bonds. The highest BCUT2D eigenvalue weighted by Gasteiger charge is 2.57. The van der Waals surface area contributed by atoms with Crippen LogP contribution in [0.5, 0.6) is 0 Å². The fraction of sp³-hybridized carbons (Fsp3) is 0.467. The molecule has 100 valence electrons. The quantitative estimate of drug-likeness (QED) is 0.593. The number of ketones is 1. The first-order valence-electron chi connectivity index (χ1n) is 6.71. The van der Waals surface area contributed by atoms with Crippen LogP contribution >= 0.6 is 0 Å². The summed E-state index contributed by atoms with van der Waals surface area (Å²) in [5.41, 5.74) is 1.23. The summed E-state index contributed by atoms with van der Waals surface area (Å²) in [7, 11) is 0. The van der Waals surface area contributed by atoms with E-state index >= 15 is 0 Å². The normalized spacial score (nSPS) is 25.8. The van der Waals surface area contributed by atoms with Gasteiger partial charge in [0.2, 0.25) is 0 Å². The fourth-order valence-electron chi connectivity index (χ4n) is 3.17. The number of nitrogens with zero attached hydrogens (tertiary/aromatic N) is 1. The lowest BCUT2D eigenvalue weighted by molar-refractivity contribution is -0.160. The molecule has 0 saturated carbocycles. The van der Waals surface area contributed by atoms with E-state index in [9.17, 15) is 9.59 Å². The third-order valence-electron chi connectivity index (χ3n) is 4.15. The van der Waals surface area contributed by atoms with Crippen LogP contribution in [-0.2, 0) is 27.3 Å². The van der Waals surface area contributed by atoms with Gasteiger partial charge in [0.15, 0.2) is 11.3 Å². The molecular weight excluding hydrogens is 242 g/mol. The zero-order valence-corrected chi connectivity index (χ0v) is 11.0. The van der Waals surface area contributed by atoms with Crippen molar-refractivity contribution < 1.29 is 14.3 Å². The van der Waals surface area contributed by atoms with E-state index < -0.39 is 5.54 Å². The Labute approximate surface area is 112 Å². The van der Waals surface area contributed by atoms with Crippen LogP contribution in [-0.4, -0.2) is 35.3 Å². The van der Waals surface area contributed by atoms with Crippen LogP contribution in [0.25, 0.3) is 0 Å². The van der Waals surface area contributed by atoms with Gasteiger partial charge in [-0.25, -0.2) is 4.79 Å². The highest BCUT2D eigenvalue weighted by molar-refractivity contribution is 6.10. The Kier molecular flexibility index (Phi) is 2.90. The van der Waals surface area contributed by atoms with Gasteiger partial charge >= 0.3 is 5.97 Å². The van der Waals surface area contributed by atoms with Gasteiger partial charge in [-0.15, -0.1) is 0 Å². The standard InChI is InChI=1S/C15H17NO3/c1-2-19-14(18)15-9-11-5-3-4-6-12(11)10-16(15)8-7-13(15)17/h3-6H,2,7-10H2,1H3. The second-order valence-electron chi connectivity index (χ2n) is 5.12. The van der Waals surface area contributed by atoms with E-state index in [1.165, 1.54) is 5.56 Å². The maximum absolute atomic E-state index is 12.3. The number of rotatable bonds is 2. The van der Waals surface area contributed by atoms with Crippen molar-refractivity contribution in [1.82, 2.24) is 4.90 Å². The van der Waals surface area contributed by atoms with Crippen LogP contribution in [0.3, 0.4) is 0 Å². The lowest BCUT2D eigenvalue weighted by Gasteiger charge is -2.39. The van der Waals surface area contributed by atoms with E-state index in [2.05, 4.69) is 6.07 Å². The second-order valence-corrected chi connectivity index (χ2v) is 5.12. The van der Waals surface area contributed by atoms with E-state index in [4.69, 9.17) is 4.74 Å². The molecule has 2 aliphatic heterocycles. The van der Waals surface area contributed by atoms with E-state index in [1.807, 2.05) is 23.1 Å². The number of hydrogen-bond donors (Lipinski definition) is 0. The molecule has 4 heteroatoms. The SMILES string of the molecule is CCOC(=O)C12Cc3ccccc3CN1CCC2=O. The summed E-state index contributed by atoms with van der Waals surface area (Å²) in [4.78, 5) is 26.6. The first-order chi connectivity index (χ1) is 9.18. The molecule has 0 radical (unpaired) electrons. The van der Waals surface area contributed by atoms with Crippen LogP contribution < -0.4 is 0 Å². The molecule has 1 atom stereocenters. The zero-order chi connectivity index (χ0) is 13.5. The van der Waals surface area contributed by atoms with E-state index in [0.29, 0.717) is 32.5 Å². The minimum absolute atomic E-state index is 0.000420. The molecule has 3 rings (SSSR count). The van der Waals surface area contributed by atoms with Gasteiger partial charge in [-0.2, -0.15) is 0 Å². The van der Waals surface area contributed by atoms with Crippen molar-refractivity contribution >= 4 is 11.8 Å². The average molecular weight is 259 g/mol. The van der Waals surface area contributed by atoms with Gasteiger partial charge < -0.3 is 4.74 Å².